The lowest BCUT2D eigenvalue weighted by molar-refractivity contribution is 0.335. The van der Waals surface area contributed by atoms with Crippen molar-refractivity contribution < 1.29 is 4.39 Å². The van der Waals surface area contributed by atoms with Gasteiger partial charge in [0.05, 0.1) is 42.1 Å². The van der Waals surface area contributed by atoms with Crippen molar-refractivity contribution in [1.82, 2.24) is 34.3 Å². The molecule has 11 heteroatoms. The first-order valence-corrected chi connectivity index (χ1v) is 11.0. The Kier molecular flexibility index (Phi) is 5.83. The number of alkyl halides is 1. The number of pyridine rings is 1. The standard InChI is InChI=1S/C23H21FN10/c24-4-5-33-13-17(12-30-33)21-16(9-26)11-28-23(32-21)31-18-2-1-3-19(7-18)34-14-29-20-6-15(8-25)10-27-22(20)34/h6,10-14,18-19H,1-5,7H2,(H,28,31,32)/t18-,19+/m1/s1. The van der Waals surface area contributed by atoms with Crippen LogP contribution in [-0.2, 0) is 6.54 Å². The van der Waals surface area contributed by atoms with Crippen LogP contribution in [0.25, 0.3) is 22.4 Å². The number of aromatic nitrogens is 7. The number of rotatable bonds is 6. The Hall–Kier alpha value is -4.38. The number of halogens is 1. The summed E-state index contributed by atoms with van der Waals surface area (Å²) in [7, 11) is 0. The van der Waals surface area contributed by atoms with Crippen molar-refractivity contribution in [3.63, 3.8) is 0 Å². The smallest absolute Gasteiger partial charge is 0.223 e. The largest absolute Gasteiger partial charge is 0.351 e. The van der Waals surface area contributed by atoms with Gasteiger partial charge >= 0.3 is 0 Å². The Morgan fingerprint density at radius 1 is 1.12 bits per heavy atom. The molecule has 1 aliphatic rings. The molecule has 2 atom stereocenters. The molecule has 0 amide bonds. The maximum atomic E-state index is 12.6. The topological polar surface area (TPSA) is 134 Å². The van der Waals surface area contributed by atoms with Crippen molar-refractivity contribution in [3.05, 3.63) is 48.3 Å². The summed E-state index contributed by atoms with van der Waals surface area (Å²) in [5.74, 6) is 0.435. The van der Waals surface area contributed by atoms with Gasteiger partial charge in [-0.1, -0.05) is 0 Å². The van der Waals surface area contributed by atoms with Gasteiger partial charge in [-0.05, 0) is 31.7 Å². The molecular formula is C23H21FN10. The second kappa shape index (κ2) is 9.24. The van der Waals surface area contributed by atoms with E-state index in [0.717, 1.165) is 31.3 Å². The van der Waals surface area contributed by atoms with Crippen LogP contribution in [0.2, 0.25) is 0 Å². The number of hydrogen-bond donors (Lipinski definition) is 1. The number of nitrogens with zero attached hydrogens (tertiary/aromatic N) is 9. The maximum absolute atomic E-state index is 12.6. The molecule has 0 spiro atoms. The molecule has 34 heavy (non-hydrogen) atoms. The molecule has 5 rings (SSSR count). The molecule has 4 aromatic heterocycles. The minimum Gasteiger partial charge on any atom is -0.351 e. The maximum Gasteiger partial charge on any atom is 0.223 e. The molecule has 1 N–H and O–H groups in total. The third-order valence-corrected chi connectivity index (χ3v) is 6.04. The zero-order chi connectivity index (χ0) is 23.5. The molecule has 0 saturated heterocycles. The molecular weight excluding hydrogens is 435 g/mol. The lowest BCUT2D eigenvalue weighted by Crippen LogP contribution is -2.29. The summed E-state index contributed by atoms with van der Waals surface area (Å²) in [5, 5.41) is 26.1. The number of hydrogen-bond acceptors (Lipinski definition) is 8. The lowest BCUT2D eigenvalue weighted by Gasteiger charge is -2.30. The highest BCUT2D eigenvalue weighted by molar-refractivity contribution is 5.72. The third kappa shape index (κ3) is 4.16. The van der Waals surface area contributed by atoms with Crippen LogP contribution < -0.4 is 5.32 Å². The summed E-state index contributed by atoms with van der Waals surface area (Å²) in [6.45, 7) is -0.371. The van der Waals surface area contributed by atoms with Gasteiger partial charge in [0.25, 0.3) is 0 Å². The van der Waals surface area contributed by atoms with E-state index in [9.17, 15) is 9.65 Å². The highest BCUT2D eigenvalue weighted by Crippen LogP contribution is 2.32. The Labute approximate surface area is 194 Å². The molecule has 4 heterocycles. The summed E-state index contributed by atoms with van der Waals surface area (Å²) < 4.78 is 16.2. The first-order chi connectivity index (χ1) is 16.7. The Bertz CT molecular complexity index is 1410. The number of fused-ring (bicyclic) bond motifs is 1. The van der Waals surface area contributed by atoms with Crippen LogP contribution in [0.5, 0.6) is 0 Å². The van der Waals surface area contributed by atoms with E-state index >= 15 is 0 Å². The predicted octanol–water partition coefficient (Wildman–Crippen LogP) is 3.39. The summed E-state index contributed by atoms with van der Waals surface area (Å²) in [6, 6.07) is 6.29. The first kappa shape index (κ1) is 21.5. The van der Waals surface area contributed by atoms with E-state index in [0.29, 0.717) is 33.8 Å². The Balaban J connectivity index is 1.35. The minimum absolute atomic E-state index is 0.129. The number of nitriles is 2. The zero-order valence-corrected chi connectivity index (χ0v) is 18.3. The van der Waals surface area contributed by atoms with Crippen LogP contribution in [0.1, 0.15) is 42.9 Å². The highest BCUT2D eigenvalue weighted by Gasteiger charge is 2.25. The third-order valence-electron chi connectivity index (χ3n) is 6.04. The number of aryl methyl sites for hydroxylation is 1. The summed E-state index contributed by atoms with van der Waals surface area (Å²) in [4.78, 5) is 17.8. The van der Waals surface area contributed by atoms with Gasteiger partial charge in [0.2, 0.25) is 5.95 Å². The van der Waals surface area contributed by atoms with Crippen molar-refractivity contribution in [2.75, 3.05) is 12.0 Å². The average Bonchev–Trinajstić information content (AvgIpc) is 3.51. The predicted molar refractivity (Wildman–Crippen MR) is 121 cm³/mol. The van der Waals surface area contributed by atoms with Crippen molar-refractivity contribution in [2.45, 2.75) is 44.3 Å². The van der Waals surface area contributed by atoms with Crippen LogP contribution in [0, 0.1) is 22.7 Å². The quantitative estimate of drug-likeness (QED) is 0.467. The summed E-state index contributed by atoms with van der Waals surface area (Å²) in [5.41, 5.74) is 3.42. The van der Waals surface area contributed by atoms with Gasteiger partial charge < -0.3 is 9.88 Å². The van der Waals surface area contributed by atoms with Gasteiger partial charge in [0.1, 0.15) is 24.3 Å². The fraction of sp³-hybridized carbons (Fsp3) is 0.348. The van der Waals surface area contributed by atoms with E-state index < -0.39 is 6.67 Å². The molecule has 1 aliphatic carbocycles. The number of anilines is 1. The molecule has 170 valence electrons. The summed E-state index contributed by atoms with van der Waals surface area (Å²) in [6.07, 6.45) is 11.9. The van der Waals surface area contributed by atoms with Gasteiger partial charge in [0.15, 0.2) is 5.65 Å². The van der Waals surface area contributed by atoms with E-state index in [2.05, 4.69) is 47.1 Å². The van der Waals surface area contributed by atoms with E-state index in [1.54, 1.807) is 31.0 Å². The van der Waals surface area contributed by atoms with Crippen LogP contribution in [-0.4, -0.2) is 47.0 Å². The van der Waals surface area contributed by atoms with Crippen molar-refractivity contribution >= 4 is 17.1 Å². The van der Waals surface area contributed by atoms with E-state index in [1.165, 1.54) is 10.9 Å². The minimum atomic E-state index is -0.521. The SMILES string of the molecule is N#Cc1cnc2c(c1)ncn2[C@H]1CCC[C@@H](Nc2ncc(C#N)c(-c3cnn(CCF)c3)n2)C1. The molecule has 0 bridgehead atoms. The fourth-order valence-electron chi connectivity index (χ4n) is 4.43. The Morgan fingerprint density at radius 2 is 2.03 bits per heavy atom. The lowest BCUT2D eigenvalue weighted by atomic mass is 9.91. The van der Waals surface area contributed by atoms with Crippen LogP contribution >= 0.6 is 0 Å². The molecule has 4 aromatic rings. The van der Waals surface area contributed by atoms with Crippen LogP contribution in [0.4, 0.5) is 10.3 Å². The van der Waals surface area contributed by atoms with Gasteiger partial charge in [-0.2, -0.15) is 15.6 Å². The van der Waals surface area contributed by atoms with Crippen molar-refractivity contribution in [1.29, 1.82) is 10.5 Å². The van der Waals surface area contributed by atoms with Gasteiger partial charge in [-0.15, -0.1) is 0 Å². The molecule has 0 unspecified atom stereocenters. The van der Waals surface area contributed by atoms with Gasteiger partial charge in [-0.3, -0.25) is 4.68 Å². The van der Waals surface area contributed by atoms with E-state index in [4.69, 9.17) is 5.26 Å². The molecule has 0 aromatic carbocycles. The average molecular weight is 456 g/mol. The van der Waals surface area contributed by atoms with Crippen molar-refractivity contribution in [2.24, 2.45) is 0 Å². The van der Waals surface area contributed by atoms with Gasteiger partial charge in [0, 0.05) is 30.0 Å². The summed E-state index contributed by atoms with van der Waals surface area (Å²) >= 11 is 0. The second-order valence-electron chi connectivity index (χ2n) is 8.24. The number of imidazole rings is 1. The molecule has 1 fully saturated rings. The molecule has 10 nitrogen and oxygen atoms in total. The fourth-order valence-corrected chi connectivity index (χ4v) is 4.43. The second-order valence-corrected chi connectivity index (χ2v) is 8.24. The van der Waals surface area contributed by atoms with E-state index in [-0.39, 0.29) is 18.6 Å². The van der Waals surface area contributed by atoms with E-state index in [1.807, 2.05) is 0 Å². The normalized spacial score (nSPS) is 17.9. The monoisotopic (exact) mass is 456 g/mol. The van der Waals surface area contributed by atoms with Crippen LogP contribution in [0.15, 0.2) is 37.2 Å². The van der Waals surface area contributed by atoms with Crippen LogP contribution in [0.3, 0.4) is 0 Å². The van der Waals surface area contributed by atoms with Crippen molar-refractivity contribution in [3.8, 4) is 23.4 Å². The number of nitrogens with one attached hydrogen (secondary N) is 1. The highest BCUT2D eigenvalue weighted by atomic mass is 19.1. The zero-order valence-electron chi connectivity index (χ0n) is 18.3. The van der Waals surface area contributed by atoms with Gasteiger partial charge in [-0.25, -0.2) is 24.3 Å². The first-order valence-electron chi connectivity index (χ1n) is 11.0. The molecule has 0 aliphatic heterocycles. The Morgan fingerprint density at radius 3 is 2.85 bits per heavy atom. The molecule has 0 radical (unpaired) electrons. The molecule has 1 saturated carbocycles.